The Morgan fingerprint density at radius 1 is 1.00 bits per heavy atom. The van der Waals surface area contributed by atoms with E-state index in [0.29, 0.717) is 29.7 Å². The molecule has 0 bridgehead atoms. The Morgan fingerprint density at radius 3 is 2.40 bits per heavy atom. The van der Waals surface area contributed by atoms with Crippen molar-refractivity contribution in [2.45, 2.75) is 26.3 Å². The van der Waals surface area contributed by atoms with Crippen molar-refractivity contribution in [2.24, 2.45) is 0 Å². The molecule has 0 aliphatic carbocycles. The highest BCUT2D eigenvalue weighted by Gasteiger charge is 2.30. The van der Waals surface area contributed by atoms with E-state index in [9.17, 15) is 18.0 Å². The van der Waals surface area contributed by atoms with Crippen molar-refractivity contribution in [3.63, 3.8) is 0 Å². The van der Waals surface area contributed by atoms with E-state index >= 15 is 0 Å². The van der Waals surface area contributed by atoms with Crippen LogP contribution in [0.25, 0.3) is 16.8 Å². The molecule has 0 atom stereocenters. The summed E-state index contributed by atoms with van der Waals surface area (Å²) in [6.45, 7) is 2.20. The van der Waals surface area contributed by atoms with Crippen LogP contribution >= 0.6 is 0 Å². The van der Waals surface area contributed by atoms with Gasteiger partial charge < -0.3 is 4.74 Å². The molecule has 1 aromatic carbocycles. The molecule has 0 aliphatic rings. The Morgan fingerprint density at radius 2 is 1.70 bits per heavy atom. The maximum absolute atomic E-state index is 12.7. The van der Waals surface area contributed by atoms with E-state index in [4.69, 9.17) is 0 Å². The van der Waals surface area contributed by atoms with Gasteiger partial charge in [-0.05, 0) is 42.3 Å². The van der Waals surface area contributed by atoms with E-state index in [2.05, 4.69) is 19.8 Å². The van der Waals surface area contributed by atoms with Crippen LogP contribution in [0.5, 0.6) is 5.75 Å². The molecule has 3 aromatic heterocycles. The fourth-order valence-corrected chi connectivity index (χ4v) is 3.08. The number of fused-ring (bicyclic) bond motifs is 1. The quantitative estimate of drug-likeness (QED) is 0.500. The van der Waals surface area contributed by atoms with Crippen molar-refractivity contribution in [3.05, 3.63) is 76.9 Å². The monoisotopic (exact) mass is 415 g/mol. The summed E-state index contributed by atoms with van der Waals surface area (Å²) in [5.74, 6) is -0.309. The zero-order chi connectivity index (χ0) is 21.3. The highest BCUT2D eigenvalue weighted by molar-refractivity contribution is 5.65. The fourth-order valence-electron chi connectivity index (χ4n) is 3.08. The molecule has 30 heavy (non-hydrogen) atoms. The fraction of sp³-hybridized carbons (Fsp3) is 0.200. The van der Waals surface area contributed by atoms with E-state index in [0.717, 1.165) is 11.4 Å². The number of halogens is 3. The Labute approximate surface area is 168 Å². The van der Waals surface area contributed by atoms with Crippen LogP contribution in [0.1, 0.15) is 11.4 Å². The van der Waals surface area contributed by atoms with Crippen LogP contribution in [0.2, 0.25) is 0 Å². The number of aromatic nitrogens is 5. The molecule has 3 heterocycles. The molecule has 0 aliphatic heterocycles. The third kappa shape index (κ3) is 4.17. The number of alkyl halides is 3. The van der Waals surface area contributed by atoms with Crippen LogP contribution in [0, 0.1) is 6.92 Å². The number of pyridine rings is 1. The predicted molar refractivity (Wildman–Crippen MR) is 102 cm³/mol. The second kappa shape index (κ2) is 7.62. The number of rotatable bonds is 5. The van der Waals surface area contributed by atoms with Gasteiger partial charge in [0.05, 0.1) is 17.9 Å². The number of ether oxygens (including phenoxy) is 1. The lowest BCUT2D eigenvalue weighted by Gasteiger charge is -2.09. The zero-order valence-electron chi connectivity index (χ0n) is 15.8. The summed E-state index contributed by atoms with van der Waals surface area (Å²) < 4.78 is 43.5. The first-order valence-corrected chi connectivity index (χ1v) is 9.02. The van der Waals surface area contributed by atoms with Gasteiger partial charge in [0.2, 0.25) is 0 Å². The molecule has 0 N–H and O–H groups in total. The highest BCUT2D eigenvalue weighted by Crippen LogP contribution is 2.26. The van der Waals surface area contributed by atoms with Crippen molar-refractivity contribution in [1.29, 1.82) is 0 Å². The topological polar surface area (TPSA) is 74.3 Å². The maximum Gasteiger partial charge on any atom is 0.573 e. The normalized spacial score (nSPS) is 11.7. The first kappa shape index (κ1) is 19.6. The molecule has 0 fully saturated rings. The summed E-state index contributed by atoms with van der Waals surface area (Å²) in [5, 5.41) is 4.32. The Kier molecular flexibility index (Phi) is 4.98. The number of benzene rings is 1. The summed E-state index contributed by atoms with van der Waals surface area (Å²) in [6, 6.07) is 8.87. The highest BCUT2D eigenvalue weighted by atomic mass is 19.4. The molecular weight excluding hydrogens is 399 g/mol. The maximum atomic E-state index is 12.7. The summed E-state index contributed by atoms with van der Waals surface area (Å²) >= 11 is 0. The van der Waals surface area contributed by atoms with Gasteiger partial charge in [0.15, 0.2) is 5.65 Å². The molecular formula is C20H16F3N5O2. The second-order valence-electron chi connectivity index (χ2n) is 6.56. The zero-order valence-corrected chi connectivity index (χ0v) is 15.8. The molecule has 0 saturated carbocycles. The molecule has 154 valence electrons. The first-order chi connectivity index (χ1) is 14.3. The van der Waals surface area contributed by atoms with E-state index in [-0.39, 0.29) is 11.4 Å². The Balaban J connectivity index is 1.58. The summed E-state index contributed by atoms with van der Waals surface area (Å²) in [6.07, 6.45) is 0.586. The molecule has 7 nitrogen and oxygen atoms in total. The van der Waals surface area contributed by atoms with E-state index in [1.807, 2.05) is 6.92 Å². The SMILES string of the molecule is Cc1nccnc1CCn1nc2ccc(-c3ccc(OC(F)(F)F)cc3)cn2c1=O. The van der Waals surface area contributed by atoms with Gasteiger partial charge in [-0.1, -0.05) is 12.1 Å². The Hall–Kier alpha value is -3.69. The van der Waals surface area contributed by atoms with Crippen molar-refractivity contribution in [2.75, 3.05) is 0 Å². The minimum atomic E-state index is -4.74. The summed E-state index contributed by atoms with van der Waals surface area (Å²) in [7, 11) is 0. The van der Waals surface area contributed by atoms with Gasteiger partial charge in [0.1, 0.15) is 5.75 Å². The van der Waals surface area contributed by atoms with Gasteiger partial charge in [-0.15, -0.1) is 18.3 Å². The van der Waals surface area contributed by atoms with Crippen LogP contribution in [-0.4, -0.2) is 30.5 Å². The van der Waals surface area contributed by atoms with Crippen molar-refractivity contribution < 1.29 is 17.9 Å². The largest absolute Gasteiger partial charge is 0.573 e. The van der Waals surface area contributed by atoms with E-state index in [1.54, 1.807) is 30.7 Å². The van der Waals surface area contributed by atoms with Gasteiger partial charge >= 0.3 is 12.1 Å². The van der Waals surface area contributed by atoms with Gasteiger partial charge in [-0.25, -0.2) is 13.9 Å². The molecule has 10 heteroatoms. The molecule has 0 saturated heterocycles. The van der Waals surface area contributed by atoms with E-state index in [1.165, 1.54) is 33.3 Å². The van der Waals surface area contributed by atoms with Crippen molar-refractivity contribution in [3.8, 4) is 16.9 Å². The molecule has 0 unspecified atom stereocenters. The minimum absolute atomic E-state index is 0.309. The summed E-state index contributed by atoms with van der Waals surface area (Å²) in [5.41, 5.74) is 3.05. The lowest BCUT2D eigenvalue weighted by Crippen LogP contribution is -2.22. The standard InChI is InChI=1S/C20H16F3N5O2/c1-13-17(25-10-9-24-13)8-11-28-19(29)27-12-15(4-7-18(27)26-28)14-2-5-16(6-3-14)30-20(21,22)23/h2-7,9-10,12H,8,11H2,1H3. The van der Waals surface area contributed by atoms with Crippen LogP contribution in [0.3, 0.4) is 0 Å². The van der Waals surface area contributed by atoms with Crippen LogP contribution in [0.15, 0.2) is 59.8 Å². The molecule has 0 spiro atoms. The third-order valence-corrected chi connectivity index (χ3v) is 4.54. The van der Waals surface area contributed by atoms with Gasteiger partial charge in [0.25, 0.3) is 0 Å². The third-order valence-electron chi connectivity index (χ3n) is 4.54. The van der Waals surface area contributed by atoms with Crippen LogP contribution < -0.4 is 10.4 Å². The predicted octanol–water partition coefficient (Wildman–Crippen LogP) is 3.40. The number of nitrogens with zero attached hydrogens (tertiary/aromatic N) is 5. The van der Waals surface area contributed by atoms with Crippen molar-refractivity contribution >= 4 is 5.65 Å². The number of aryl methyl sites for hydroxylation is 3. The molecule has 0 radical (unpaired) electrons. The molecule has 0 amide bonds. The second-order valence-corrected chi connectivity index (χ2v) is 6.56. The lowest BCUT2D eigenvalue weighted by molar-refractivity contribution is -0.274. The first-order valence-electron chi connectivity index (χ1n) is 9.02. The van der Waals surface area contributed by atoms with Crippen LogP contribution in [0.4, 0.5) is 13.2 Å². The van der Waals surface area contributed by atoms with Crippen molar-refractivity contribution in [1.82, 2.24) is 24.1 Å². The average molecular weight is 415 g/mol. The number of hydrogen-bond donors (Lipinski definition) is 0. The van der Waals surface area contributed by atoms with Gasteiger partial charge in [0, 0.05) is 25.0 Å². The number of hydrogen-bond acceptors (Lipinski definition) is 5. The molecule has 4 rings (SSSR count). The van der Waals surface area contributed by atoms with Gasteiger partial charge in [-0.2, -0.15) is 0 Å². The summed E-state index contributed by atoms with van der Waals surface area (Å²) in [4.78, 5) is 21.2. The van der Waals surface area contributed by atoms with Crippen LogP contribution in [-0.2, 0) is 13.0 Å². The molecule has 4 aromatic rings. The smallest absolute Gasteiger partial charge is 0.406 e. The van der Waals surface area contributed by atoms with E-state index < -0.39 is 6.36 Å². The lowest BCUT2D eigenvalue weighted by atomic mass is 10.1. The average Bonchev–Trinajstić information content (AvgIpc) is 3.02. The van der Waals surface area contributed by atoms with Gasteiger partial charge in [-0.3, -0.25) is 9.97 Å². The minimum Gasteiger partial charge on any atom is -0.406 e. The Bertz CT molecular complexity index is 1250.